The van der Waals surface area contributed by atoms with Gasteiger partial charge in [0, 0.05) is 6.07 Å². The Labute approximate surface area is 205 Å². The number of carbonyl (C=O) groups is 1. The number of amides is 1. The Kier molecular flexibility index (Phi) is 6.55. The topological polar surface area (TPSA) is 77.6 Å². The molecule has 0 unspecified atom stereocenters. The molecule has 1 amide bonds. The van der Waals surface area contributed by atoms with Crippen LogP contribution in [-0.4, -0.2) is 36.2 Å². The molecular weight excluding hydrogens is 464 g/mol. The molecular formula is C25H22N6OS2. The van der Waals surface area contributed by atoms with Crippen LogP contribution < -0.4 is 5.32 Å². The average molecular weight is 487 g/mol. The third kappa shape index (κ3) is 4.95. The lowest BCUT2D eigenvalue weighted by Gasteiger charge is -2.11. The van der Waals surface area contributed by atoms with Crippen LogP contribution in [0.4, 0.5) is 5.82 Å². The van der Waals surface area contributed by atoms with Gasteiger partial charge in [-0.15, -0.1) is 21.5 Å². The Morgan fingerprint density at radius 3 is 2.50 bits per heavy atom. The highest BCUT2D eigenvalue weighted by molar-refractivity contribution is 7.99. The Bertz CT molecular complexity index is 1380. The number of aryl methyl sites for hydroxylation is 1. The number of thioether (sulfide) groups is 1. The summed E-state index contributed by atoms with van der Waals surface area (Å²) in [6.45, 7) is 2.53. The molecule has 3 aromatic heterocycles. The first kappa shape index (κ1) is 22.1. The summed E-state index contributed by atoms with van der Waals surface area (Å²) in [5.41, 5.74) is 2.87. The van der Waals surface area contributed by atoms with E-state index >= 15 is 0 Å². The number of carbonyl (C=O) groups excluding carboxylic acids is 1. The van der Waals surface area contributed by atoms with Crippen molar-refractivity contribution in [1.29, 1.82) is 0 Å². The lowest BCUT2D eigenvalue weighted by atomic mass is 10.2. The summed E-state index contributed by atoms with van der Waals surface area (Å²) in [5.74, 6) is 1.52. The third-order valence-corrected chi connectivity index (χ3v) is 6.91. The normalized spacial score (nSPS) is 11.0. The molecule has 0 aliphatic rings. The lowest BCUT2D eigenvalue weighted by Crippen LogP contribution is -2.17. The summed E-state index contributed by atoms with van der Waals surface area (Å²) >= 11 is 2.99. The summed E-state index contributed by atoms with van der Waals surface area (Å²) in [4.78, 5) is 13.9. The molecule has 9 heteroatoms. The number of benzene rings is 2. The molecule has 2 aromatic carbocycles. The van der Waals surface area contributed by atoms with Crippen molar-refractivity contribution in [3.63, 3.8) is 0 Å². The monoisotopic (exact) mass is 486 g/mol. The van der Waals surface area contributed by atoms with Crippen LogP contribution in [0.15, 0.2) is 89.4 Å². The number of nitrogens with one attached hydrogen (secondary N) is 1. The Balaban J connectivity index is 1.33. The van der Waals surface area contributed by atoms with Gasteiger partial charge in [-0.05, 0) is 36.1 Å². The number of thiophene rings is 1. The largest absolute Gasteiger partial charge is 0.310 e. The van der Waals surface area contributed by atoms with Crippen molar-refractivity contribution >= 4 is 34.8 Å². The van der Waals surface area contributed by atoms with Crippen LogP contribution in [0, 0.1) is 6.92 Å². The summed E-state index contributed by atoms with van der Waals surface area (Å²) < 4.78 is 3.81. The minimum Gasteiger partial charge on any atom is -0.310 e. The van der Waals surface area contributed by atoms with Gasteiger partial charge in [-0.25, -0.2) is 4.68 Å². The number of anilines is 1. The molecule has 0 aliphatic heterocycles. The maximum Gasteiger partial charge on any atom is 0.236 e. The second-order valence-electron chi connectivity index (χ2n) is 7.61. The Morgan fingerprint density at radius 2 is 1.76 bits per heavy atom. The van der Waals surface area contributed by atoms with Crippen LogP contribution in [-0.2, 0) is 11.3 Å². The van der Waals surface area contributed by atoms with Crippen LogP contribution in [0.3, 0.4) is 0 Å². The SMILES string of the molecule is Cc1cc(NC(=O)CSc2nnc(-c3cccs3)n2Cc2ccccc2)n(-c2ccccc2)n1. The predicted octanol–water partition coefficient (Wildman–Crippen LogP) is 5.28. The molecule has 0 spiro atoms. The van der Waals surface area contributed by atoms with E-state index in [2.05, 4.69) is 37.3 Å². The Hall–Kier alpha value is -3.69. The van der Waals surface area contributed by atoms with Crippen LogP contribution in [0.2, 0.25) is 0 Å². The van der Waals surface area contributed by atoms with Gasteiger partial charge in [0.1, 0.15) is 5.82 Å². The quantitative estimate of drug-likeness (QED) is 0.302. The smallest absolute Gasteiger partial charge is 0.236 e. The number of aromatic nitrogens is 5. The van der Waals surface area contributed by atoms with Gasteiger partial charge in [0.15, 0.2) is 11.0 Å². The molecule has 3 heterocycles. The third-order valence-electron chi connectivity index (χ3n) is 5.07. The molecule has 0 saturated heterocycles. The second-order valence-corrected chi connectivity index (χ2v) is 9.50. The maximum absolute atomic E-state index is 12.9. The molecule has 170 valence electrons. The van der Waals surface area contributed by atoms with Crippen molar-refractivity contribution in [2.24, 2.45) is 0 Å². The molecule has 0 fully saturated rings. The number of hydrogen-bond acceptors (Lipinski definition) is 6. The second kappa shape index (κ2) is 10.1. The van der Waals surface area contributed by atoms with Gasteiger partial charge >= 0.3 is 0 Å². The first-order valence-corrected chi connectivity index (χ1v) is 12.6. The Morgan fingerprint density at radius 1 is 1.00 bits per heavy atom. The maximum atomic E-state index is 12.9. The fraction of sp³-hybridized carbons (Fsp3) is 0.120. The molecule has 0 atom stereocenters. The summed E-state index contributed by atoms with van der Waals surface area (Å²) in [7, 11) is 0. The fourth-order valence-electron chi connectivity index (χ4n) is 3.56. The fourth-order valence-corrected chi connectivity index (χ4v) is 5.01. The first-order valence-electron chi connectivity index (χ1n) is 10.7. The molecule has 5 aromatic rings. The average Bonchev–Trinajstić information content (AvgIpc) is 3.60. The van der Waals surface area contributed by atoms with Gasteiger partial charge < -0.3 is 5.32 Å². The first-order chi connectivity index (χ1) is 16.7. The molecule has 34 heavy (non-hydrogen) atoms. The van der Waals surface area contributed by atoms with Crippen molar-refractivity contribution in [2.45, 2.75) is 18.6 Å². The number of rotatable bonds is 8. The number of para-hydroxylation sites is 1. The van der Waals surface area contributed by atoms with Gasteiger partial charge in [0.25, 0.3) is 0 Å². The molecule has 0 saturated carbocycles. The lowest BCUT2D eigenvalue weighted by molar-refractivity contribution is -0.113. The van der Waals surface area contributed by atoms with E-state index < -0.39 is 0 Å². The van der Waals surface area contributed by atoms with Gasteiger partial charge in [-0.3, -0.25) is 9.36 Å². The predicted molar refractivity (Wildman–Crippen MR) is 137 cm³/mol. The van der Waals surface area contributed by atoms with E-state index in [9.17, 15) is 4.79 Å². The van der Waals surface area contributed by atoms with Crippen molar-refractivity contribution in [3.05, 3.63) is 95.5 Å². The van der Waals surface area contributed by atoms with Crippen molar-refractivity contribution in [2.75, 3.05) is 11.1 Å². The van der Waals surface area contributed by atoms with Crippen LogP contribution in [0.1, 0.15) is 11.3 Å². The minimum atomic E-state index is -0.131. The van der Waals surface area contributed by atoms with Crippen LogP contribution >= 0.6 is 23.1 Å². The van der Waals surface area contributed by atoms with Gasteiger partial charge in [0.05, 0.1) is 28.6 Å². The molecule has 7 nitrogen and oxygen atoms in total. The van der Waals surface area contributed by atoms with Gasteiger partial charge in [0.2, 0.25) is 5.91 Å². The highest BCUT2D eigenvalue weighted by Gasteiger charge is 2.18. The van der Waals surface area contributed by atoms with Crippen LogP contribution in [0.25, 0.3) is 16.4 Å². The minimum absolute atomic E-state index is 0.131. The molecule has 0 aliphatic carbocycles. The van der Waals surface area contributed by atoms with E-state index in [1.165, 1.54) is 11.8 Å². The van der Waals surface area contributed by atoms with Crippen molar-refractivity contribution in [1.82, 2.24) is 24.5 Å². The van der Waals surface area contributed by atoms with Crippen molar-refractivity contribution < 1.29 is 4.79 Å². The zero-order chi connectivity index (χ0) is 23.3. The van der Waals surface area contributed by atoms with E-state index in [0.29, 0.717) is 17.5 Å². The number of hydrogen-bond donors (Lipinski definition) is 1. The van der Waals surface area contributed by atoms with Gasteiger partial charge in [-0.2, -0.15) is 5.10 Å². The van der Waals surface area contributed by atoms with Gasteiger partial charge in [-0.1, -0.05) is 66.4 Å². The van der Waals surface area contributed by atoms with E-state index in [1.54, 1.807) is 16.0 Å². The van der Waals surface area contributed by atoms with E-state index in [4.69, 9.17) is 0 Å². The molecule has 0 bridgehead atoms. The number of nitrogens with zero attached hydrogens (tertiary/aromatic N) is 5. The highest BCUT2D eigenvalue weighted by atomic mass is 32.2. The molecule has 0 radical (unpaired) electrons. The molecule has 5 rings (SSSR count). The van der Waals surface area contributed by atoms with E-state index in [-0.39, 0.29) is 11.7 Å². The standard InChI is InChI=1S/C25H22N6OS2/c1-18-15-22(31(29-18)20-11-6-3-7-12-20)26-23(32)17-34-25-28-27-24(21-13-8-14-33-21)30(25)16-19-9-4-2-5-10-19/h2-15H,16-17H2,1H3,(H,26,32). The summed E-state index contributed by atoms with van der Waals surface area (Å²) in [6, 6.07) is 25.8. The zero-order valence-electron chi connectivity index (χ0n) is 18.5. The van der Waals surface area contributed by atoms with Crippen LogP contribution in [0.5, 0.6) is 0 Å². The summed E-state index contributed by atoms with van der Waals surface area (Å²) in [5, 5.41) is 19.1. The van der Waals surface area contributed by atoms with E-state index in [1.807, 2.05) is 79.0 Å². The van der Waals surface area contributed by atoms with Crippen molar-refractivity contribution in [3.8, 4) is 16.4 Å². The highest BCUT2D eigenvalue weighted by Crippen LogP contribution is 2.28. The van der Waals surface area contributed by atoms with E-state index in [0.717, 1.165) is 27.6 Å². The summed E-state index contributed by atoms with van der Waals surface area (Å²) in [6.07, 6.45) is 0. The zero-order valence-corrected chi connectivity index (χ0v) is 20.1. The molecule has 1 N–H and O–H groups in total.